The molecule has 16 heavy (non-hydrogen) atoms. The molecule has 0 aliphatic carbocycles. The molecule has 2 heteroatoms. The first-order chi connectivity index (χ1) is 7.69. The number of allylic oxidation sites excluding steroid dienone is 1. The van der Waals surface area contributed by atoms with Gasteiger partial charge in [0, 0.05) is 13.5 Å². The highest BCUT2D eigenvalue weighted by molar-refractivity contribution is 5.86. The number of benzene rings is 1. The average Bonchev–Trinajstić information content (AvgIpc) is 2.31. The van der Waals surface area contributed by atoms with Gasteiger partial charge in [-0.1, -0.05) is 49.4 Å². The van der Waals surface area contributed by atoms with E-state index in [4.69, 9.17) is 4.74 Å². The Balaban J connectivity index is 2.75. The van der Waals surface area contributed by atoms with Gasteiger partial charge in [-0.05, 0) is 12.0 Å². The Morgan fingerprint density at radius 2 is 2.00 bits per heavy atom. The maximum absolute atomic E-state index is 12.0. The van der Waals surface area contributed by atoms with Gasteiger partial charge in [0.05, 0.1) is 0 Å². The maximum Gasteiger partial charge on any atom is 0.170 e. The zero-order valence-corrected chi connectivity index (χ0v) is 9.90. The van der Waals surface area contributed by atoms with Crippen molar-refractivity contribution < 1.29 is 9.53 Å². The van der Waals surface area contributed by atoms with E-state index in [0.717, 1.165) is 17.6 Å². The van der Waals surface area contributed by atoms with Crippen LogP contribution in [-0.4, -0.2) is 12.9 Å². The highest BCUT2D eigenvalue weighted by Gasteiger charge is 2.19. The van der Waals surface area contributed by atoms with Gasteiger partial charge in [0.15, 0.2) is 5.78 Å². The second-order valence-corrected chi connectivity index (χ2v) is 3.77. The molecule has 1 unspecified atom stereocenters. The van der Waals surface area contributed by atoms with E-state index in [0.29, 0.717) is 6.42 Å². The number of Topliss-reactive ketones (excluding diaryl/α,β-unsaturated/α-hetero) is 1. The van der Waals surface area contributed by atoms with Crippen molar-refractivity contribution in [1.82, 2.24) is 0 Å². The average molecular weight is 218 g/mol. The second kappa shape index (κ2) is 6.23. The molecule has 1 atom stereocenters. The van der Waals surface area contributed by atoms with Crippen LogP contribution in [0.4, 0.5) is 0 Å². The van der Waals surface area contributed by atoms with Crippen LogP contribution in [0.25, 0.3) is 0 Å². The van der Waals surface area contributed by atoms with E-state index in [2.05, 4.69) is 6.58 Å². The summed E-state index contributed by atoms with van der Waals surface area (Å²) in [6, 6.07) is 9.54. The highest BCUT2D eigenvalue weighted by atomic mass is 16.5. The van der Waals surface area contributed by atoms with Crippen molar-refractivity contribution in [2.45, 2.75) is 25.9 Å². The summed E-state index contributed by atoms with van der Waals surface area (Å²) >= 11 is 0. The molecule has 0 amide bonds. The molecule has 0 aliphatic heterocycles. The molecule has 0 N–H and O–H groups in total. The fourth-order valence-electron chi connectivity index (χ4n) is 1.55. The molecule has 0 fully saturated rings. The molecule has 0 bridgehead atoms. The number of ether oxygens (including phenoxy) is 1. The van der Waals surface area contributed by atoms with Crippen LogP contribution in [0.5, 0.6) is 0 Å². The van der Waals surface area contributed by atoms with Crippen molar-refractivity contribution in [3.63, 3.8) is 0 Å². The Hall–Kier alpha value is -1.41. The molecular formula is C14H18O2. The highest BCUT2D eigenvalue weighted by Crippen LogP contribution is 2.20. The lowest BCUT2D eigenvalue weighted by Gasteiger charge is -2.14. The molecule has 0 saturated heterocycles. The van der Waals surface area contributed by atoms with Gasteiger partial charge in [0.25, 0.3) is 0 Å². The van der Waals surface area contributed by atoms with E-state index in [1.807, 2.05) is 37.3 Å². The Morgan fingerprint density at radius 1 is 1.38 bits per heavy atom. The van der Waals surface area contributed by atoms with Crippen molar-refractivity contribution in [2.75, 3.05) is 7.11 Å². The third-order valence-corrected chi connectivity index (χ3v) is 2.55. The lowest BCUT2D eigenvalue weighted by atomic mass is 9.99. The van der Waals surface area contributed by atoms with Gasteiger partial charge < -0.3 is 4.74 Å². The molecule has 0 spiro atoms. The number of hydrogen-bond acceptors (Lipinski definition) is 2. The summed E-state index contributed by atoms with van der Waals surface area (Å²) in [5, 5.41) is 0. The van der Waals surface area contributed by atoms with Crippen LogP contribution in [0.1, 0.15) is 31.4 Å². The second-order valence-electron chi connectivity index (χ2n) is 3.77. The van der Waals surface area contributed by atoms with Gasteiger partial charge in [-0.25, -0.2) is 0 Å². The number of rotatable bonds is 6. The standard InChI is InChI=1S/C14H18O2/c1-4-11(2)10-13(15)14(16-3)12-8-6-5-7-9-12/h5-9,14H,2,4,10H2,1,3H3. The van der Waals surface area contributed by atoms with Crippen LogP contribution < -0.4 is 0 Å². The van der Waals surface area contributed by atoms with Crippen LogP contribution in [-0.2, 0) is 9.53 Å². The normalized spacial score (nSPS) is 12.1. The third kappa shape index (κ3) is 3.31. The molecular weight excluding hydrogens is 200 g/mol. The number of carbonyl (C=O) groups is 1. The zero-order valence-electron chi connectivity index (χ0n) is 9.90. The van der Waals surface area contributed by atoms with Gasteiger partial charge in [0.1, 0.15) is 6.10 Å². The smallest absolute Gasteiger partial charge is 0.170 e. The minimum absolute atomic E-state index is 0.0700. The van der Waals surface area contributed by atoms with Crippen LogP contribution >= 0.6 is 0 Å². The van der Waals surface area contributed by atoms with Crippen LogP contribution in [0.15, 0.2) is 42.5 Å². The Labute approximate surface area is 96.9 Å². The first-order valence-electron chi connectivity index (χ1n) is 5.46. The minimum Gasteiger partial charge on any atom is -0.369 e. The van der Waals surface area contributed by atoms with Crippen LogP contribution in [0.3, 0.4) is 0 Å². The summed E-state index contributed by atoms with van der Waals surface area (Å²) in [5.74, 6) is 0.0700. The zero-order chi connectivity index (χ0) is 12.0. The third-order valence-electron chi connectivity index (χ3n) is 2.55. The predicted octanol–water partition coefficient (Wildman–Crippen LogP) is 3.30. The number of hydrogen-bond donors (Lipinski definition) is 0. The molecule has 0 saturated carbocycles. The first-order valence-corrected chi connectivity index (χ1v) is 5.46. The van der Waals surface area contributed by atoms with Crippen molar-refractivity contribution in [2.24, 2.45) is 0 Å². The van der Waals surface area contributed by atoms with Gasteiger partial charge >= 0.3 is 0 Å². The van der Waals surface area contributed by atoms with E-state index in [1.165, 1.54) is 0 Å². The van der Waals surface area contributed by atoms with E-state index in [1.54, 1.807) is 7.11 Å². The summed E-state index contributed by atoms with van der Waals surface area (Å²) < 4.78 is 5.25. The Morgan fingerprint density at radius 3 is 2.50 bits per heavy atom. The molecule has 0 aromatic heterocycles. The van der Waals surface area contributed by atoms with E-state index in [9.17, 15) is 4.79 Å². The topological polar surface area (TPSA) is 26.3 Å². The summed E-state index contributed by atoms with van der Waals surface area (Å²) in [6.07, 6.45) is 0.755. The lowest BCUT2D eigenvalue weighted by Crippen LogP contribution is -2.14. The Bertz CT molecular complexity index is 354. The largest absolute Gasteiger partial charge is 0.369 e. The lowest BCUT2D eigenvalue weighted by molar-refractivity contribution is -0.128. The van der Waals surface area contributed by atoms with Gasteiger partial charge in [-0.15, -0.1) is 0 Å². The van der Waals surface area contributed by atoms with Crippen molar-refractivity contribution in [1.29, 1.82) is 0 Å². The van der Waals surface area contributed by atoms with Gasteiger partial charge in [-0.3, -0.25) is 4.79 Å². The maximum atomic E-state index is 12.0. The van der Waals surface area contributed by atoms with Gasteiger partial charge in [0.2, 0.25) is 0 Å². The summed E-state index contributed by atoms with van der Waals surface area (Å²) in [5.41, 5.74) is 1.85. The molecule has 0 aliphatic rings. The quantitative estimate of drug-likeness (QED) is 0.685. The van der Waals surface area contributed by atoms with Gasteiger partial charge in [-0.2, -0.15) is 0 Å². The van der Waals surface area contributed by atoms with E-state index in [-0.39, 0.29) is 5.78 Å². The fourth-order valence-corrected chi connectivity index (χ4v) is 1.55. The molecule has 1 rings (SSSR count). The summed E-state index contributed by atoms with van der Waals surface area (Å²) in [7, 11) is 1.56. The molecule has 1 aromatic carbocycles. The number of carbonyl (C=O) groups excluding carboxylic acids is 1. The van der Waals surface area contributed by atoms with Crippen LogP contribution in [0.2, 0.25) is 0 Å². The molecule has 1 aromatic rings. The fraction of sp³-hybridized carbons (Fsp3) is 0.357. The minimum atomic E-state index is -0.468. The Kier molecular flexibility index (Phi) is 4.93. The monoisotopic (exact) mass is 218 g/mol. The summed E-state index contributed by atoms with van der Waals surface area (Å²) in [4.78, 5) is 12.0. The van der Waals surface area contributed by atoms with Crippen LogP contribution in [0, 0.1) is 0 Å². The molecule has 0 radical (unpaired) electrons. The number of ketones is 1. The molecule has 2 nitrogen and oxygen atoms in total. The summed E-state index contributed by atoms with van der Waals surface area (Å²) in [6.45, 7) is 5.85. The molecule has 0 heterocycles. The number of methoxy groups -OCH3 is 1. The van der Waals surface area contributed by atoms with Crippen molar-refractivity contribution >= 4 is 5.78 Å². The van der Waals surface area contributed by atoms with E-state index < -0.39 is 6.10 Å². The van der Waals surface area contributed by atoms with Crippen molar-refractivity contribution in [3.8, 4) is 0 Å². The van der Waals surface area contributed by atoms with Crippen molar-refractivity contribution in [3.05, 3.63) is 48.0 Å². The predicted molar refractivity (Wildman–Crippen MR) is 65.2 cm³/mol. The molecule has 86 valence electrons. The van der Waals surface area contributed by atoms with E-state index >= 15 is 0 Å². The first kappa shape index (κ1) is 12.7. The SMILES string of the molecule is C=C(CC)CC(=O)C(OC)c1ccccc1.